The molecule has 3 atom stereocenters. The fourth-order valence-corrected chi connectivity index (χ4v) is 4.51. The van der Waals surface area contributed by atoms with Crippen molar-refractivity contribution in [3.63, 3.8) is 0 Å². The van der Waals surface area contributed by atoms with E-state index in [1.165, 1.54) is 57.4 Å². The van der Waals surface area contributed by atoms with Crippen molar-refractivity contribution in [2.24, 2.45) is 0 Å². The maximum absolute atomic E-state index is 3.84. The van der Waals surface area contributed by atoms with Gasteiger partial charge in [0.15, 0.2) is 0 Å². The molecule has 3 heteroatoms. The Bertz CT molecular complexity index is 455. The van der Waals surface area contributed by atoms with Crippen molar-refractivity contribution in [1.29, 1.82) is 0 Å². The lowest BCUT2D eigenvalue weighted by Crippen LogP contribution is -2.59. The van der Waals surface area contributed by atoms with E-state index >= 15 is 0 Å². The summed E-state index contributed by atoms with van der Waals surface area (Å²) in [7, 11) is 0. The molecule has 3 nitrogen and oxygen atoms in total. The van der Waals surface area contributed by atoms with E-state index in [1.807, 2.05) is 0 Å². The quantitative estimate of drug-likeness (QED) is 0.917. The van der Waals surface area contributed by atoms with Crippen LogP contribution in [0.1, 0.15) is 31.2 Å². The van der Waals surface area contributed by atoms with Crippen LogP contribution in [0.4, 0.5) is 0 Å². The maximum Gasteiger partial charge on any atom is 0.0352 e. The van der Waals surface area contributed by atoms with Gasteiger partial charge in [-0.3, -0.25) is 9.80 Å². The van der Waals surface area contributed by atoms with E-state index in [9.17, 15) is 0 Å². The number of nitrogens with zero attached hydrogens (tertiary/aromatic N) is 2. The highest BCUT2D eigenvalue weighted by Crippen LogP contribution is 2.28. The summed E-state index contributed by atoms with van der Waals surface area (Å²) in [5, 5.41) is 3.84. The molecule has 4 fully saturated rings. The molecule has 0 aromatic heterocycles. The third-order valence-electron chi connectivity index (χ3n) is 5.66. The lowest BCUT2D eigenvalue weighted by atomic mass is 10.0. The van der Waals surface area contributed by atoms with E-state index in [1.54, 1.807) is 0 Å². The number of hydrogen-bond acceptors (Lipinski definition) is 3. The summed E-state index contributed by atoms with van der Waals surface area (Å²) in [6, 6.07) is 13.2. The second-order valence-electron chi connectivity index (χ2n) is 6.97. The first-order valence-corrected chi connectivity index (χ1v) is 8.65. The minimum atomic E-state index is 0.672. The first-order chi connectivity index (χ1) is 10.4. The summed E-state index contributed by atoms with van der Waals surface area (Å²) in [4.78, 5) is 5.48. The van der Waals surface area contributed by atoms with Crippen molar-refractivity contribution in [3.8, 4) is 0 Å². The summed E-state index contributed by atoms with van der Waals surface area (Å²) < 4.78 is 0. The summed E-state index contributed by atoms with van der Waals surface area (Å²) in [6.45, 7) is 6.18. The number of hydrogen-bond donors (Lipinski definition) is 1. The Morgan fingerprint density at radius 3 is 2.67 bits per heavy atom. The highest BCUT2D eigenvalue weighted by Gasteiger charge is 2.39. The van der Waals surface area contributed by atoms with Crippen LogP contribution in [0.5, 0.6) is 0 Å². The van der Waals surface area contributed by atoms with Gasteiger partial charge < -0.3 is 5.32 Å². The van der Waals surface area contributed by atoms with Crippen LogP contribution in [-0.2, 0) is 6.54 Å². The molecule has 4 saturated heterocycles. The zero-order chi connectivity index (χ0) is 14.1. The number of rotatable bonds is 3. The van der Waals surface area contributed by atoms with E-state index in [0.717, 1.165) is 18.6 Å². The molecule has 2 bridgehead atoms. The zero-order valence-corrected chi connectivity index (χ0v) is 12.9. The normalized spacial score (nSPS) is 34.2. The molecule has 0 radical (unpaired) electrons. The van der Waals surface area contributed by atoms with Crippen LogP contribution in [0.3, 0.4) is 0 Å². The minimum Gasteiger partial charge on any atom is -0.310 e. The SMILES string of the molecule is c1ccc(CN2C[C@H]3NC[C@@H]2CC[C@@H]3N2CCCC2)cc1. The Kier molecular flexibility index (Phi) is 3.97. The molecule has 0 saturated carbocycles. The Labute approximate surface area is 128 Å². The smallest absolute Gasteiger partial charge is 0.0352 e. The molecule has 21 heavy (non-hydrogen) atoms. The van der Waals surface area contributed by atoms with Gasteiger partial charge in [0.05, 0.1) is 0 Å². The van der Waals surface area contributed by atoms with Crippen LogP contribution < -0.4 is 5.32 Å². The molecular formula is C18H27N3. The van der Waals surface area contributed by atoms with Gasteiger partial charge in [0, 0.05) is 37.8 Å². The van der Waals surface area contributed by atoms with Crippen LogP contribution in [0, 0.1) is 0 Å². The molecule has 5 rings (SSSR count). The minimum absolute atomic E-state index is 0.672. The third-order valence-corrected chi connectivity index (χ3v) is 5.66. The van der Waals surface area contributed by atoms with Crippen LogP contribution >= 0.6 is 0 Å². The van der Waals surface area contributed by atoms with Crippen LogP contribution in [0.15, 0.2) is 30.3 Å². The van der Waals surface area contributed by atoms with Gasteiger partial charge in [0.1, 0.15) is 0 Å². The molecule has 1 aromatic carbocycles. The Balaban J connectivity index is 1.46. The lowest BCUT2D eigenvalue weighted by Gasteiger charge is -2.40. The van der Waals surface area contributed by atoms with E-state index in [2.05, 4.69) is 45.4 Å². The first kappa shape index (κ1) is 13.7. The second kappa shape index (κ2) is 6.07. The van der Waals surface area contributed by atoms with E-state index in [4.69, 9.17) is 0 Å². The van der Waals surface area contributed by atoms with Gasteiger partial charge in [-0.2, -0.15) is 0 Å². The summed E-state index contributed by atoms with van der Waals surface area (Å²) in [6.07, 6.45) is 5.55. The standard InChI is InChI=1S/C18H27N3/c1-2-6-15(7-3-1)13-21-14-17-18(20-10-4-5-11-20)9-8-16(21)12-19-17/h1-3,6-7,16-19H,4-5,8-14H2/t16-,17+,18-/m0/s1. The van der Waals surface area contributed by atoms with Crippen LogP contribution in [0.2, 0.25) is 0 Å². The molecule has 0 aliphatic carbocycles. The molecule has 1 aromatic rings. The van der Waals surface area contributed by atoms with Crippen molar-refractivity contribution in [2.75, 3.05) is 26.2 Å². The van der Waals surface area contributed by atoms with Gasteiger partial charge in [-0.05, 0) is 44.3 Å². The number of fused-ring (bicyclic) bond motifs is 4. The summed E-state index contributed by atoms with van der Waals surface area (Å²) in [5.74, 6) is 0. The van der Waals surface area contributed by atoms with Gasteiger partial charge in [0.25, 0.3) is 0 Å². The Morgan fingerprint density at radius 2 is 1.86 bits per heavy atom. The predicted molar refractivity (Wildman–Crippen MR) is 86.3 cm³/mol. The third kappa shape index (κ3) is 2.87. The van der Waals surface area contributed by atoms with E-state index < -0.39 is 0 Å². The number of benzene rings is 1. The van der Waals surface area contributed by atoms with Crippen LogP contribution in [-0.4, -0.2) is 54.1 Å². The maximum atomic E-state index is 3.84. The van der Waals surface area contributed by atoms with Crippen molar-refractivity contribution in [1.82, 2.24) is 15.1 Å². The molecule has 0 unspecified atom stereocenters. The summed E-state index contributed by atoms with van der Waals surface area (Å²) in [5.41, 5.74) is 1.46. The average Bonchev–Trinajstić information content (AvgIpc) is 2.91. The monoisotopic (exact) mass is 285 g/mol. The van der Waals surface area contributed by atoms with Crippen molar-refractivity contribution < 1.29 is 0 Å². The molecule has 0 amide bonds. The van der Waals surface area contributed by atoms with Gasteiger partial charge >= 0.3 is 0 Å². The topological polar surface area (TPSA) is 18.5 Å². The largest absolute Gasteiger partial charge is 0.310 e. The number of likely N-dealkylation sites (tertiary alicyclic amines) is 1. The average molecular weight is 285 g/mol. The van der Waals surface area contributed by atoms with Gasteiger partial charge in [0.2, 0.25) is 0 Å². The molecule has 114 valence electrons. The second-order valence-corrected chi connectivity index (χ2v) is 6.97. The molecule has 4 aliphatic heterocycles. The van der Waals surface area contributed by atoms with Crippen molar-refractivity contribution >= 4 is 0 Å². The highest BCUT2D eigenvalue weighted by atomic mass is 15.3. The fraction of sp³-hybridized carbons (Fsp3) is 0.667. The Morgan fingerprint density at radius 1 is 1.05 bits per heavy atom. The number of nitrogens with one attached hydrogen (secondary N) is 1. The molecule has 0 spiro atoms. The molecular weight excluding hydrogens is 258 g/mol. The van der Waals surface area contributed by atoms with Gasteiger partial charge in [-0.25, -0.2) is 0 Å². The molecule has 4 heterocycles. The van der Waals surface area contributed by atoms with E-state index in [-0.39, 0.29) is 0 Å². The predicted octanol–water partition coefficient (Wildman–Crippen LogP) is 2.09. The zero-order valence-electron chi connectivity index (χ0n) is 12.9. The first-order valence-electron chi connectivity index (χ1n) is 8.65. The highest BCUT2D eigenvalue weighted by molar-refractivity contribution is 5.15. The molecule has 4 aliphatic rings. The van der Waals surface area contributed by atoms with Crippen molar-refractivity contribution in [3.05, 3.63) is 35.9 Å². The van der Waals surface area contributed by atoms with E-state index in [0.29, 0.717) is 6.04 Å². The Hall–Kier alpha value is -0.900. The number of piperazine rings is 1. The van der Waals surface area contributed by atoms with Gasteiger partial charge in [-0.15, -0.1) is 0 Å². The van der Waals surface area contributed by atoms with Crippen LogP contribution in [0.25, 0.3) is 0 Å². The summed E-state index contributed by atoms with van der Waals surface area (Å²) >= 11 is 0. The lowest BCUT2D eigenvalue weighted by molar-refractivity contribution is 0.112. The molecule has 1 N–H and O–H groups in total. The van der Waals surface area contributed by atoms with Crippen molar-refractivity contribution in [2.45, 2.75) is 50.4 Å². The van der Waals surface area contributed by atoms with Gasteiger partial charge in [-0.1, -0.05) is 30.3 Å². The fourth-order valence-electron chi connectivity index (χ4n) is 4.51.